The van der Waals surface area contributed by atoms with Crippen molar-refractivity contribution in [2.75, 3.05) is 26.1 Å². The molecule has 0 aliphatic rings. The fraction of sp³-hybridized carbons (Fsp3) is 0.172. The zero-order chi connectivity index (χ0) is 27.2. The van der Waals surface area contributed by atoms with Crippen molar-refractivity contribution in [1.29, 1.82) is 0 Å². The predicted molar refractivity (Wildman–Crippen MR) is 139 cm³/mol. The second kappa shape index (κ2) is 11.6. The Morgan fingerprint density at radius 1 is 0.895 bits per heavy atom. The summed E-state index contributed by atoms with van der Waals surface area (Å²) in [5.41, 5.74) is 1.14. The number of esters is 1. The molecule has 1 aromatic heterocycles. The van der Waals surface area contributed by atoms with Crippen LogP contribution < -0.4 is 14.8 Å². The molecule has 7 nitrogen and oxygen atoms in total. The van der Waals surface area contributed by atoms with Crippen molar-refractivity contribution in [1.82, 2.24) is 4.57 Å². The van der Waals surface area contributed by atoms with E-state index in [1.807, 2.05) is 30.3 Å². The normalized spacial score (nSPS) is 10.7. The third-order valence-electron chi connectivity index (χ3n) is 5.87. The lowest BCUT2D eigenvalue weighted by molar-refractivity contribution is 0.0515. The van der Waals surface area contributed by atoms with Crippen molar-refractivity contribution in [3.63, 3.8) is 0 Å². The van der Waals surface area contributed by atoms with Gasteiger partial charge in [-0.25, -0.2) is 13.6 Å². The Morgan fingerprint density at radius 2 is 1.58 bits per heavy atom. The van der Waals surface area contributed by atoms with Gasteiger partial charge in [-0.3, -0.25) is 4.79 Å². The van der Waals surface area contributed by atoms with Gasteiger partial charge in [-0.2, -0.15) is 0 Å². The van der Waals surface area contributed by atoms with Crippen molar-refractivity contribution < 1.29 is 32.6 Å². The molecular weight excluding hydrogens is 494 g/mol. The summed E-state index contributed by atoms with van der Waals surface area (Å²) in [7, 11) is 2.98. The van der Waals surface area contributed by atoms with Crippen LogP contribution in [0.5, 0.6) is 11.5 Å². The van der Waals surface area contributed by atoms with Crippen molar-refractivity contribution in [2.45, 2.75) is 13.5 Å². The number of amides is 1. The number of methoxy groups -OCH3 is 2. The number of nitrogens with zero attached hydrogens (tertiary/aromatic N) is 1. The third-order valence-corrected chi connectivity index (χ3v) is 5.87. The smallest absolute Gasteiger partial charge is 0.357 e. The molecule has 196 valence electrons. The summed E-state index contributed by atoms with van der Waals surface area (Å²) in [6.45, 7) is 2.00. The quantitative estimate of drug-likeness (QED) is 0.277. The Kier molecular flexibility index (Phi) is 8.06. The summed E-state index contributed by atoms with van der Waals surface area (Å²) in [5.74, 6) is -2.93. The van der Waals surface area contributed by atoms with E-state index in [0.717, 1.165) is 23.8 Å². The molecule has 9 heteroatoms. The number of carbonyl (C=O) groups is 2. The number of halogens is 2. The maximum absolute atomic E-state index is 14.5. The van der Waals surface area contributed by atoms with Crippen molar-refractivity contribution in [3.8, 4) is 22.6 Å². The minimum Gasteiger partial charge on any atom is -0.493 e. The van der Waals surface area contributed by atoms with Crippen molar-refractivity contribution in [3.05, 3.63) is 101 Å². The summed E-state index contributed by atoms with van der Waals surface area (Å²) < 4.78 is 46.6. The number of carbonyl (C=O) groups excluding carboxylic acids is 2. The largest absolute Gasteiger partial charge is 0.493 e. The molecule has 1 N–H and O–H groups in total. The van der Waals surface area contributed by atoms with Gasteiger partial charge in [0.15, 0.2) is 17.2 Å². The Hall–Kier alpha value is -4.66. The summed E-state index contributed by atoms with van der Waals surface area (Å²) >= 11 is 0. The molecule has 3 aromatic carbocycles. The van der Waals surface area contributed by atoms with E-state index in [2.05, 4.69) is 5.32 Å². The van der Waals surface area contributed by atoms with E-state index < -0.39 is 29.1 Å². The number of ether oxygens (including phenoxy) is 3. The van der Waals surface area contributed by atoms with Crippen LogP contribution in [0.1, 0.15) is 33.3 Å². The lowest BCUT2D eigenvalue weighted by Gasteiger charge is -2.13. The second-order valence-electron chi connectivity index (χ2n) is 8.22. The topological polar surface area (TPSA) is 78.8 Å². The average Bonchev–Trinajstić information content (AvgIpc) is 3.26. The van der Waals surface area contributed by atoms with E-state index in [1.54, 1.807) is 35.9 Å². The molecule has 0 spiro atoms. The molecule has 0 aliphatic heterocycles. The van der Waals surface area contributed by atoms with Gasteiger partial charge in [0.2, 0.25) is 0 Å². The summed E-state index contributed by atoms with van der Waals surface area (Å²) in [4.78, 5) is 26.4. The van der Waals surface area contributed by atoms with Gasteiger partial charge in [-0.05, 0) is 42.3 Å². The minimum atomic E-state index is -1.05. The molecule has 0 bridgehead atoms. The molecule has 1 amide bonds. The molecule has 1 heterocycles. The van der Waals surface area contributed by atoms with Crippen LogP contribution in [0.4, 0.5) is 14.5 Å². The number of nitrogens with one attached hydrogen (secondary N) is 1. The molecule has 0 aliphatic carbocycles. The number of rotatable bonds is 9. The zero-order valence-corrected chi connectivity index (χ0v) is 21.1. The van der Waals surface area contributed by atoms with E-state index in [9.17, 15) is 18.4 Å². The van der Waals surface area contributed by atoms with Crippen LogP contribution in [0, 0.1) is 11.6 Å². The maximum Gasteiger partial charge on any atom is 0.357 e. The molecule has 0 saturated heterocycles. The summed E-state index contributed by atoms with van der Waals surface area (Å²) in [5, 5.41) is 2.57. The standard InChI is InChI=1S/C29H26F2N2O5/c1-4-38-29(35)27-26(32-28(34)25-21(30)11-8-12-22(25)31)20(17-33(27)16-18-9-6-5-7-10-18)19-13-14-23(36-2)24(15-19)37-3/h5-15,17H,4,16H2,1-3H3,(H,32,34). The van der Waals surface area contributed by atoms with Gasteiger partial charge in [-0.1, -0.05) is 42.5 Å². The first kappa shape index (κ1) is 26.4. The first-order chi connectivity index (χ1) is 18.4. The van der Waals surface area contributed by atoms with Gasteiger partial charge in [0.05, 0.1) is 26.5 Å². The van der Waals surface area contributed by atoms with E-state index in [1.165, 1.54) is 14.2 Å². The Bertz CT molecular complexity index is 1450. The first-order valence-electron chi connectivity index (χ1n) is 11.8. The zero-order valence-electron chi connectivity index (χ0n) is 21.1. The molecule has 0 unspecified atom stereocenters. The fourth-order valence-electron chi connectivity index (χ4n) is 4.12. The van der Waals surface area contributed by atoms with Crippen LogP contribution in [0.2, 0.25) is 0 Å². The monoisotopic (exact) mass is 520 g/mol. The number of aromatic nitrogens is 1. The number of benzene rings is 3. The van der Waals surface area contributed by atoms with Gasteiger partial charge in [0.1, 0.15) is 17.2 Å². The van der Waals surface area contributed by atoms with Crippen LogP contribution in [0.15, 0.2) is 72.9 Å². The highest BCUT2D eigenvalue weighted by atomic mass is 19.1. The molecule has 4 aromatic rings. The van der Waals surface area contributed by atoms with Gasteiger partial charge < -0.3 is 24.1 Å². The average molecular weight is 521 g/mol. The minimum absolute atomic E-state index is 0.0191. The van der Waals surface area contributed by atoms with Gasteiger partial charge in [-0.15, -0.1) is 0 Å². The lowest BCUT2D eigenvalue weighted by atomic mass is 10.1. The van der Waals surface area contributed by atoms with Gasteiger partial charge in [0, 0.05) is 18.3 Å². The van der Waals surface area contributed by atoms with E-state index >= 15 is 0 Å². The molecule has 38 heavy (non-hydrogen) atoms. The molecule has 4 rings (SSSR count). The van der Waals surface area contributed by atoms with E-state index in [-0.39, 0.29) is 24.5 Å². The Balaban J connectivity index is 1.93. The van der Waals surface area contributed by atoms with Gasteiger partial charge >= 0.3 is 5.97 Å². The highest BCUT2D eigenvalue weighted by molar-refractivity contribution is 6.11. The maximum atomic E-state index is 14.5. The van der Waals surface area contributed by atoms with Crippen LogP contribution >= 0.6 is 0 Å². The molecule has 0 atom stereocenters. The van der Waals surface area contributed by atoms with Crippen LogP contribution in [0.25, 0.3) is 11.1 Å². The van der Waals surface area contributed by atoms with Gasteiger partial charge in [0.25, 0.3) is 5.91 Å². The SMILES string of the molecule is CCOC(=O)c1c(NC(=O)c2c(F)cccc2F)c(-c2ccc(OC)c(OC)c2)cn1Cc1ccccc1. The highest BCUT2D eigenvalue weighted by Crippen LogP contribution is 2.39. The van der Waals surface area contributed by atoms with Crippen LogP contribution in [-0.4, -0.2) is 37.3 Å². The highest BCUT2D eigenvalue weighted by Gasteiger charge is 2.28. The van der Waals surface area contributed by atoms with E-state index in [0.29, 0.717) is 22.6 Å². The third kappa shape index (κ3) is 5.36. The molecule has 0 fully saturated rings. The second-order valence-corrected chi connectivity index (χ2v) is 8.22. The van der Waals surface area contributed by atoms with Crippen molar-refractivity contribution >= 4 is 17.6 Å². The molecule has 0 radical (unpaired) electrons. The fourth-order valence-corrected chi connectivity index (χ4v) is 4.12. The first-order valence-corrected chi connectivity index (χ1v) is 11.8. The Labute approximate surface area is 218 Å². The van der Waals surface area contributed by atoms with E-state index in [4.69, 9.17) is 14.2 Å². The lowest BCUT2D eigenvalue weighted by Crippen LogP contribution is -2.20. The predicted octanol–water partition coefficient (Wildman–Crippen LogP) is 5.93. The summed E-state index contributed by atoms with van der Waals surface area (Å²) in [6, 6.07) is 17.6. The van der Waals surface area contributed by atoms with Crippen LogP contribution in [-0.2, 0) is 11.3 Å². The molecule has 0 saturated carbocycles. The number of hydrogen-bond donors (Lipinski definition) is 1. The molecular formula is C29H26F2N2O5. The van der Waals surface area contributed by atoms with Crippen molar-refractivity contribution in [2.24, 2.45) is 0 Å². The number of anilines is 1. The number of hydrogen-bond acceptors (Lipinski definition) is 5. The van der Waals surface area contributed by atoms with Crippen LogP contribution in [0.3, 0.4) is 0 Å². The Morgan fingerprint density at radius 3 is 2.21 bits per heavy atom. The summed E-state index contributed by atoms with van der Waals surface area (Å²) in [6.07, 6.45) is 1.67.